The predicted molar refractivity (Wildman–Crippen MR) is 61.4 cm³/mol. The lowest BCUT2D eigenvalue weighted by Gasteiger charge is -2.11. The Kier molecular flexibility index (Phi) is 5.46. The predicted octanol–water partition coefficient (Wildman–Crippen LogP) is 3.04. The molecule has 0 unspecified atom stereocenters. The number of ether oxygens (including phenoxy) is 2. The lowest BCUT2D eigenvalue weighted by molar-refractivity contribution is -0.139. The number of hydrogen-bond donors (Lipinski definition) is 0. The van der Waals surface area contributed by atoms with Crippen LogP contribution in [0.4, 0.5) is 13.2 Å². The first-order chi connectivity index (χ1) is 8.47. The van der Waals surface area contributed by atoms with Gasteiger partial charge in [0, 0.05) is 5.33 Å². The van der Waals surface area contributed by atoms with E-state index in [0.29, 0.717) is 11.1 Å². The minimum atomic E-state index is -3.10. The standard InChI is InChI=1S/C11H10BrF3O3/c1-17-10(16)4-6-2-8(13)9(18-11(14)15)3-7(6)5-12/h2-3,11H,4-5H2,1H3. The average Bonchev–Trinajstić information content (AvgIpc) is 2.31. The summed E-state index contributed by atoms with van der Waals surface area (Å²) >= 11 is 3.13. The van der Waals surface area contributed by atoms with E-state index in [1.165, 1.54) is 7.11 Å². The highest BCUT2D eigenvalue weighted by Crippen LogP contribution is 2.26. The van der Waals surface area contributed by atoms with Crippen LogP contribution in [0.2, 0.25) is 0 Å². The highest BCUT2D eigenvalue weighted by Gasteiger charge is 2.16. The molecule has 0 aliphatic carbocycles. The van der Waals surface area contributed by atoms with Crippen molar-refractivity contribution in [3.05, 3.63) is 29.1 Å². The zero-order chi connectivity index (χ0) is 13.7. The molecule has 100 valence electrons. The molecule has 0 N–H and O–H groups in total. The molecule has 18 heavy (non-hydrogen) atoms. The van der Waals surface area contributed by atoms with Gasteiger partial charge in [-0.15, -0.1) is 0 Å². The molecule has 0 amide bonds. The van der Waals surface area contributed by atoms with Crippen LogP contribution in [-0.2, 0) is 21.3 Å². The first-order valence-corrected chi connectivity index (χ1v) is 5.99. The van der Waals surface area contributed by atoms with Crippen molar-refractivity contribution >= 4 is 21.9 Å². The number of benzene rings is 1. The molecule has 1 aromatic rings. The van der Waals surface area contributed by atoms with Gasteiger partial charge in [0.2, 0.25) is 0 Å². The summed E-state index contributed by atoms with van der Waals surface area (Å²) in [5.74, 6) is -2.04. The van der Waals surface area contributed by atoms with Gasteiger partial charge < -0.3 is 9.47 Å². The number of methoxy groups -OCH3 is 1. The van der Waals surface area contributed by atoms with Crippen LogP contribution in [0.25, 0.3) is 0 Å². The molecule has 3 nitrogen and oxygen atoms in total. The van der Waals surface area contributed by atoms with Crippen molar-refractivity contribution < 1.29 is 27.4 Å². The maximum Gasteiger partial charge on any atom is 0.387 e. The number of halogens is 4. The molecule has 0 saturated carbocycles. The average molecular weight is 327 g/mol. The third-order valence-corrected chi connectivity index (χ3v) is 2.78. The van der Waals surface area contributed by atoms with Crippen LogP contribution in [0.1, 0.15) is 11.1 Å². The van der Waals surface area contributed by atoms with Gasteiger partial charge in [-0.25, -0.2) is 4.39 Å². The Bertz CT molecular complexity index is 438. The zero-order valence-electron chi connectivity index (χ0n) is 9.38. The largest absolute Gasteiger partial charge is 0.469 e. The van der Waals surface area contributed by atoms with Gasteiger partial charge in [-0.3, -0.25) is 4.79 Å². The van der Waals surface area contributed by atoms with Gasteiger partial charge in [-0.1, -0.05) is 15.9 Å². The Morgan fingerprint density at radius 2 is 2.06 bits per heavy atom. The van der Waals surface area contributed by atoms with Gasteiger partial charge in [0.25, 0.3) is 0 Å². The molecule has 0 bridgehead atoms. The zero-order valence-corrected chi connectivity index (χ0v) is 11.0. The van der Waals surface area contributed by atoms with Crippen LogP contribution < -0.4 is 4.74 Å². The van der Waals surface area contributed by atoms with Crippen molar-refractivity contribution in [2.45, 2.75) is 18.4 Å². The summed E-state index contributed by atoms with van der Waals surface area (Å²) in [4.78, 5) is 11.1. The van der Waals surface area contributed by atoms with E-state index >= 15 is 0 Å². The molecule has 0 aliphatic heterocycles. The second kappa shape index (κ2) is 6.63. The Morgan fingerprint density at radius 3 is 2.56 bits per heavy atom. The van der Waals surface area contributed by atoms with E-state index in [4.69, 9.17) is 0 Å². The summed E-state index contributed by atoms with van der Waals surface area (Å²) in [6.07, 6.45) is -0.136. The second-order valence-electron chi connectivity index (χ2n) is 3.32. The van der Waals surface area contributed by atoms with Crippen molar-refractivity contribution in [2.75, 3.05) is 7.11 Å². The second-order valence-corrected chi connectivity index (χ2v) is 3.88. The van der Waals surface area contributed by atoms with E-state index in [2.05, 4.69) is 25.4 Å². The van der Waals surface area contributed by atoms with Crippen LogP contribution in [0.5, 0.6) is 5.75 Å². The van der Waals surface area contributed by atoms with Crippen molar-refractivity contribution in [1.29, 1.82) is 0 Å². The van der Waals surface area contributed by atoms with E-state index in [1.54, 1.807) is 0 Å². The third-order valence-electron chi connectivity index (χ3n) is 2.18. The number of esters is 1. The Hall–Kier alpha value is -1.24. The monoisotopic (exact) mass is 326 g/mol. The molecule has 0 atom stereocenters. The van der Waals surface area contributed by atoms with E-state index in [0.717, 1.165) is 12.1 Å². The molecule has 0 spiro atoms. The van der Waals surface area contributed by atoms with Crippen LogP contribution in [0.3, 0.4) is 0 Å². The summed E-state index contributed by atoms with van der Waals surface area (Å²) in [7, 11) is 1.21. The minimum absolute atomic E-state index is 0.136. The van der Waals surface area contributed by atoms with Crippen molar-refractivity contribution in [3.63, 3.8) is 0 Å². The van der Waals surface area contributed by atoms with Gasteiger partial charge in [0.1, 0.15) is 0 Å². The molecular formula is C11H10BrF3O3. The van der Waals surface area contributed by atoms with Crippen LogP contribution in [0.15, 0.2) is 12.1 Å². The number of alkyl halides is 3. The topological polar surface area (TPSA) is 35.5 Å². The van der Waals surface area contributed by atoms with E-state index in [1.807, 2.05) is 0 Å². The quantitative estimate of drug-likeness (QED) is 0.616. The summed E-state index contributed by atoms with van der Waals surface area (Å²) in [6.45, 7) is -3.10. The minimum Gasteiger partial charge on any atom is -0.469 e. The normalized spacial score (nSPS) is 10.6. The van der Waals surface area contributed by atoms with Crippen LogP contribution in [-0.4, -0.2) is 19.7 Å². The molecule has 0 aromatic heterocycles. The number of carbonyl (C=O) groups is 1. The summed E-state index contributed by atoms with van der Waals surface area (Å²) in [5.41, 5.74) is 0.843. The van der Waals surface area contributed by atoms with E-state index in [9.17, 15) is 18.0 Å². The smallest absolute Gasteiger partial charge is 0.387 e. The number of carbonyl (C=O) groups excluding carboxylic acids is 1. The number of hydrogen-bond acceptors (Lipinski definition) is 3. The van der Waals surface area contributed by atoms with Gasteiger partial charge in [0.15, 0.2) is 11.6 Å². The Morgan fingerprint density at radius 1 is 1.39 bits per heavy atom. The highest BCUT2D eigenvalue weighted by atomic mass is 79.9. The molecule has 0 fully saturated rings. The number of rotatable bonds is 5. The molecule has 0 heterocycles. The van der Waals surface area contributed by atoms with Crippen molar-refractivity contribution in [3.8, 4) is 5.75 Å². The van der Waals surface area contributed by atoms with Gasteiger partial charge in [-0.05, 0) is 23.3 Å². The molecule has 1 aromatic carbocycles. The maximum atomic E-state index is 13.5. The third kappa shape index (κ3) is 3.90. The first-order valence-electron chi connectivity index (χ1n) is 4.86. The van der Waals surface area contributed by atoms with Gasteiger partial charge in [-0.2, -0.15) is 8.78 Å². The lowest BCUT2D eigenvalue weighted by Crippen LogP contribution is -2.09. The first kappa shape index (κ1) is 14.8. The van der Waals surface area contributed by atoms with Gasteiger partial charge >= 0.3 is 12.6 Å². The van der Waals surface area contributed by atoms with Crippen LogP contribution >= 0.6 is 15.9 Å². The molecule has 0 aliphatic rings. The highest BCUT2D eigenvalue weighted by molar-refractivity contribution is 9.08. The molecular weight excluding hydrogens is 317 g/mol. The van der Waals surface area contributed by atoms with Gasteiger partial charge in [0.05, 0.1) is 13.5 Å². The fourth-order valence-corrected chi connectivity index (χ4v) is 1.86. The molecule has 1 rings (SSSR count). The van der Waals surface area contributed by atoms with E-state index in [-0.39, 0.29) is 11.8 Å². The fourth-order valence-electron chi connectivity index (χ4n) is 1.34. The van der Waals surface area contributed by atoms with Crippen molar-refractivity contribution in [1.82, 2.24) is 0 Å². The molecule has 0 saturated heterocycles. The SMILES string of the molecule is COC(=O)Cc1cc(F)c(OC(F)F)cc1CBr. The van der Waals surface area contributed by atoms with E-state index < -0.39 is 24.1 Å². The van der Waals surface area contributed by atoms with Crippen molar-refractivity contribution in [2.24, 2.45) is 0 Å². The fraction of sp³-hybridized carbons (Fsp3) is 0.364. The summed E-state index contributed by atoms with van der Waals surface area (Å²) in [5, 5.41) is 0.277. The summed E-state index contributed by atoms with van der Waals surface area (Å²) < 4.78 is 46.0. The van der Waals surface area contributed by atoms with Crippen LogP contribution in [0, 0.1) is 5.82 Å². The molecule has 7 heteroatoms. The Balaban J connectivity index is 3.06. The Labute approximate surface area is 110 Å². The summed E-state index contributed by atoms with van der Waals surface area (Å²) in [6, 6.07) is 2.12. The maximum absolute atomic E-state index is 13.5. The lowest BCUT2D eigenvalue weighted by atomic mass is 10.1. The molecule has 0 radical (unpaired) electrons.